The Morgan fingerprint density at radius 3 is 1.20 bits per heavy atom. The van der Waals surface area contributed by atoms with Gasteiger partial charge in [0.05, 0.1) is 27.7 Å². The van der Waals surface area contributed by atoms with Crippen molar-refractivity contribution in [1.29, 1.82) is 0 Å². The van der Waals surface area contributed by atoms with Crippen LogP contribution in [0.1, 0.15) is 251 Å². The molecule has 0 rings (SSSR count). The molecule has 2 unspecified atom stereocenters. The largest absolute Gasteiger partial charge is 0.472 e. The molecule has 0 spiro atoms. The average Bonchev–Trinajstić information content (AvgIpc) is 3.33. The van der Waals surface area contributed by atoms with Crippen LogP contribution in [0.15, 0.2) is 72.9 Å². The summed E-state index contributed by atoms with van der Waals surface area (Å²) in [6, 6.07) is 0. The number of ether oxygens (including phenoxy) is 2. The quantitative estimate of drug-likeness (QED) is 0.0211. The van der Waals surface area contributed by atoms with Crippen molar-refractivity contribution in [2.45, 2.75) is 258 Å². The zero-order chi connectivity index (χ0) is 52.0. The molecule has 412 valence electrons. The number of rotatable bonds is 53. The first kappa shape index (κ1) is 68.5. The van der Waals surface area contributed by atoms with Crippen molar-refractivity contribution in [2.24, 2.45) is 0 Å². The van der Waals surface area contributed by atoms with E-state index in [9.17, 15) is 19.0 Å². The number of carbonyl (C=O) groups excluding carboxylic acids is 2. The second-order valence-corrected chi connectivity index (χ2v) is 22.1. The second kappa shape index (κ2) is 52.3. The van der Waals surface area contributed by atoms with E-state index >= 15 is 0 Å². The molecule has 0 aromatic rings. The van der Waals surface area contributed by atoms with Gasteiger partial charge in [-0.1, -0.05) is 247 Å². The third kappa shape index (κ3) is 56.6. The van der Waals surface area contributed by atoms with Crippen molar-refractivity contribution in [2.75, 3.05) is 47.5 Å². The van der Waals surface area contributed by atoms with E-state index in [0.29, 0.717) is 17.4 Å². The summed E-state index contributed by atoms with van der Waals surface area (Å²) in [4.78, 5) is 35.3. The highest BCUT2D eigenvalue weighted by molar-refractivity contribution is 7.47. The van der Waals surface area contributed by atoms with Crippen molar-refractivity contribution < 1.29 is 42.1 Å². The van der Waals surface area contributed by atoms with E-state index in [1.54, 1.807) is 0 Å². The van der Waals surface area contributed by atoms with Crippen molar-refractivity contribution >= 4 is 19.8 Å². The number of quaternary nitrogens is 1. The van der Waals surface area contributed by atoms with Crippen molar-refractivity contribution in [1.82, 2.24) is 0 Å². The molecular weight excluding hydrogens is 906 g/mol. The standard InChI is InChI=1S/C61H110NO8P/c1-6-8-10-12-14-15-16-17-18-19-20-21-22-23-24-25-26-27-28-29-30-31-32-33-34-35-36-37-38-39-40-41-42-43-44-45-46-47-48-50-52-54-61(64)70-59(57-67-60(63)53-51-49-13-11-9-7-2)58-69-71(65,66)68-56-55-62(3,4)5/h8,10,14-15,17-18,20-21,23-24,26-27,59H,6-7,9,11-13,16,19,22,25,28-58H2,1-5H3/p+1/b10-8-,15-14-,18-17-,21-20-,24-23-,27-26-. The van der Waals surface area contributed by atoms with Gasteiger partial charge in [-0.3, -0.25) is 18.6 Å². The van der Waals surface area contributed by atoms with Crippen molar-refractivity contribution in [3.05, 3.63) is 72.9 Å². The Hall–Kier alpha value is -2.55. The van der Waals surface area contributed by atoms with Gasteiger partial charge >= 0.3 is 19.8 Å². The third-order valence-corrected chi connectivity index (χ3v) is 13.5. The van der Waals surface area contributed by atoms with Gasteiger partial charge in [-0.15, -0.1) is 0 Å². The maximum Gasteiger partial charge on any atom is 0.472 e. The van der Waals surface area contributed by atoms with Gasteiger partial charge in [-0.2, -0.15) is 0 Å². The van der Waals surface area contributed by atoms with Gasteiger partial charge in [0.1, 0.15) is 19.8 Å². The first-order valence-corrected chi connectivity index (χ1v) is 30.7. The van der Waals surface area contributed by atoms with E-state index in [-0.39, 0.29) is 32.0 Å². The minimum Gasteiger partial charge on any atom is -0.462 e. The number of esters is 2. The SMILES string of the molecule is CC/C=C\C/C=C\C/C=C\C/C=C\C/C=C\C/C=C\CCCCCCCCCCCCCCCCCCCCCCCCC(=O)OC(COC(=O)CCCCCCCC)COP(=O)(O)OCC[N+](C)(C)C. The van der Waals surface area contributed by atoms with Gasteiger partial charge in [-0.25, -0.2) is 4.57 Å². The molecule has 71 heavy (non-hydrogen) atoms. The van der Waals surface area contributed by atoms with Crippen LogP contribution in [-0.4, -0.2) is 74.9 Å². The van der Waals surface area contributed by atoms with Crippen LogP contribution in [0.4, 0.5) is 0 Å². The number of allylic oxidation sites excluding steroid dienone is 12. The topological polar surface area (TPSA) is 108 Å². The molecule has 0 aromatic carbocycles. The first-order chi connectivity index (χ1) is 34.5. The molecular formula is C61H111NO8P+. The zero-order valence-corrected chi connectivity index (χ0v) is 47.6. The molecule has 0 aliphatic heterocycles. The lowest BCUT2D eigenvalue weighted by Crippen LogP contribution is -2.37. The van der Waals surface area contributed by atoms with Gasteiger partial charge in [-0.05, 0) is 64.2 Å². The van der Waals surface area contributed by atoms with E-state index in [4.69, 9.17) is 18.5 Å². The Labute approximate surface area is 438 Å². The second-order valence-electron chi connectivity index (χ2n) is 20.7. The van der Waals surface area contributed by atoms with Gasteiger partial charge in [0.25, 0.3) is 0 Å². The molecule has 0 aromatic heterocycles. The minimum atomic E-state index is -4.37. The normalized spacial score (nSPS) is 13.8. The van der Waals surface area contributed by atoms with E-state index < -0.39 is 26.5 Å². The number of nitrogens with zero attached hydrogens (tertiary/aromatic N) is 1. The number of hydrogen-bond donors (Lipinski definition) is 1. The summed E-state index contributed by atoms with van der Waals surface area (Å²) < 4.78 is 34.3. The lowest BCUT2D eigenvalue weighted by Gasteiger charge is -2.24. The Bertz CT molecular complexity index is 1430. The molecule has 0 aliphatic carbocycles. The number of likely N-dealkylation sites (N-methyl/N-ethyl adjacent to an activating group) is 1. The molecule has 0 aliphatic rings. The average molecular weight is 1020 g/mol. The maximum atomic E-state index is 12.7. The van der Waals surface area contributed by atoms with Gasteiger partial charge in [0, 0.05) is 12.8 Å². The van der Waals surface area contributed by atoms with E-state index in [1.165, 1.54) is 141 Å². The van der Waals surface area contributed by atoms with Crippen LogP contribution >= 0.6 is 7.82 Å². The Kier molecular flexibility index (Phi) is 50.4. The predicted octanol–water partition coefficient (Wildman–Crippen LogP) is 18.1. The van der Waals surface area contributed by atoms with Crippen LogP contribution < -0.4 is 0 Å². The highest BCUT2D eigenvalue weighted by atomic mass is 31.2. The summed E-state index contributed by atoms with van der Waals surface area (Å²) in [5.74, 6) is -0.800. The monoisotopic (exact) mass is 1020 g/mol. The van der Waals surface area contributed by atoms with Crippen molar-refractivity contribution in [3.63, 3.8) is 0 Å². The number of unbranched alkanes of at least 4 members (excludes halogenated alkanes) is 27. The number of carbonyl (C=O) groups is 2. The summed E-state index contributed by atoms with van der Waals surface area (Å²) >= 11 is 0. The van der Waals surface area contributed by atoms with E-state index in [0.717, 1.165) is 77.0 Å². The smallest absolute Gasteiger partial charge is 0.462 e. The minimum absolute atomic E-state index is 0.0327. The molecule has 0 heterocycles. The predicted molar refractivity (Wildman–Crippen MR) is 302 cm³/mol. The highest BCUT2D eigenvalue weighted by Gasteiger charge is 2.27. The van der Waals surface area contributed by atoms with E-state index in [2.05, 4.69) is 86.8 Å². The summed E-state index contributed by atoms with van der Waals surface area (Å²) in [5, 5.41) is 0. The van der Waals surface area contributed by atoms with Crippen LogP contribution in [0.2, 0.25) is 0 Å². The highest BCUT2D eigenvalue weighted by Crippen LogP contribution is 2.43. The van der Waals surface area contributed by atoms with Crippen LogP contribution in [0, 0.1) is 0 Å². The molecule has 2 atom stereocenters. The molecule has 0 bridgehead atoms. The fraction of sp³-hybridized carbons (Fsp3) is 0.770. The Morgan fingerprint density at radius 1 is 0.451 bits per heavy atom. The Morgan fingerprint density at radius 2 is 0.803 bits per heavy atom. The molecule has 0 radical (unpaired) electrons. The third-order valence-electron chi connectivity index (χ3n) is 12.5. The van der Waals surface area contributed by atoms with Crippen LogP contribution in [0.5, 0.6) is 0 Å². The number of hydrogen-bond acceptors (Lipinski definition) is 7. The maximum absolute atomic E-state index is 12.7. The van der Waals surface area contributed by atoms with Crippen LogP contribution in [0.3, 0.4) is 0 Å². The Balaban J connectivity index is 3.77. The first-order valence-electron chi connectivity index (χ1n) is 29.2. The summed E-state index contributed by atoms with van der Waals surface area (Å²) in [7, 11) is 1.48. The fourth-order valence-electron chi connectivity index (χ4n) is 8.02. The summed E-state index contributed by atoms with van der Waals surface area (Å²) in [6.45, 7) is 4.26. The lowest BCUT2D eigenvalue weighted by atomic mass is 10.0. The van der Waals surface area contributed by atoms with Crippen LogP contribution in [0.25, 0.3) is 0 Å². The fourth-order valence-corrected chi connectivity index (χ4v) is 8.76. The van der Waals surface area contributed by atoms with Crippen LogP contribution in [-0.2, 0) is 32.7 Å². The molecule has 0 saturated carbocycles. The van der Waals surface area contributed by atoms with Crippen molar-refractivity contribution in [3.8, 4) is 0 Å². The number of phosphoric acid groups is 1. The molecule has 10 heteroatoms. The zero-order valence-electron chi connectivity index (χ0n) is 46.7. The molecule has 0 fully saturated rings. The van der Waals surface area contributed by atoms with E-state index in [1.807, 2.05) is 21.1 Å². The molecule has 0 amide bonds. The van der Waals surface area contributed by atoms with Gasteiger partial charge in [0.15, 0.2) is 6.10 Å². The van der Waals surface area contributed by atoms with Gasteiger partial charge < -0.3 is 18.9 Å². The number of phosphoric ester groups is 1. The molecule has 9 nitrogen and oxygen atoms in total. The summed E-state index contributed by atoms with van der Waals surface area (Å²) in [5.41, 5.74) is 0. The molecule has 0 saturated heterocycles. The van der Waals surface area contributed by atoms with Gasteiger partial charge in [0.2, 0.25) is 0 Å². The molecule has 1 N–H and O–H groups in total. The summed E-state index contributed by atoms with van der Waals surface area (Å²) in [6.07, 6.45) is 69.0. The lowest BCUT2D eigenvalue weighted by molar-refractivity contribution is -0.870.